The van der Waals surface area contributed by atoms with Crippen LogP contribution in [0, 0.1) is 17.3 Å². The van der Waals surface area contributed by atoms with Gasteiger partial charge in [0.15, 0.2) is 0 Å². The molecule has 0 spiro atoms. The van der Waals surface area contributed by atoms with E-state index in [1.54, 1.807) is 12.4 Å². The van der Waals surface area contributed by atoms with E-state index >= 15 is 0 Å². The van der Waals surface area contributed by atoms with E-state index < -0.39 is 5.41 Å². The Morgan fingerprint density at radius 2 is 1.82 bits per heavy atom. The molecule has 1 aromatic carbocycles. The molecule has 2 fully saturated rings. The number of carbonyl (C=O) groups is 2. The fourth-order valence-corrected chi connectivity index (χ4v) is 5.41. The molecule has 1 saturated carbocycles. The number of amides is 2. The second-order valence-electron chi connectivity index (χ2n) is 10.3. The van der Waals surface area contributed by atoms with E-state index in [0.717, 1.165) is 42.4 Å². The van der Waals surface area contributed by atoms with Crippen molar-refractivity contribution in [3.05, 3.63) is 54.4 Å². The van der Waals surface area contributed by atoms with E-state index in [2.05, 4.69) is 36.3 Å². The summed E-state index contributed by atoms with van der Waals surface area (Å²) in [6.07, 6.45) is 10.4. The first kappa shape index (κ1) is 23.5. The van der Waals surface area contributed by atoms with Crippen molar-refractivity contribution in [3.63, 3.8) is 0 Å². The van der Waals surface area contributed by atoms with Crippen LogP contribution in [0.3, 0.4) is 0 Å². The molecular formula is C28H37N3O2. The molecule has 2 aromatic rings. The van der Waals surface area contributed by atoms with Crippen LogP contribution in [0.4, 0.5) is 0 Å². The van der Waals surface area contributed by atoms with E-state index in [1.165, 1.54) is 6.42 Å². The molecule has 1 saturated heterocycles. The normalized spacial score (nSPS) is 21.4. The molecule has 2 aliphatic rings. The molecule has 4 rings (SSSR count). The van der Waals surface area contributed by atoms with E-state index in [-0.39, 0.29) is 17.7 Å². The van der Waals surface area contributed by atoms with Crippen molar-refractivity contribution in [2.24, 2.45) is 17.3 Å². The molecule has 176 valence electrons. The lowest BCUT2D eigenvalue weighted by molar-refractivity contribution is -0.137. The van der Waals surface area contributed by atoms with Gasteiger partial charge in [0.2, 0.25) is 11.8 Å². The van der Waals surface area contributed by atoms with Crippen LogP contribution >= 0.6 is 0 Å². The van der Waals surface area contributed by atoms with Crippen molar-refractivity contribution < 1.29 is 9.59 Å². The SMILES string of the molecule is CC(C)CNC(=O)[C@@]1(Cc2ccccc2-c2ccncc2)CCN(C(=O)C2CCCCC2)C1. The smallest absolute Gasteiger partial charge is 0.228 e. The summed E-state index contributed by atoms with van der Waals surface area (Å²) in [5.74, 6) is 0.865. The molecule has 0 bridgehead atoms. The predicted octanol–water partition coefficient (Wildman–Crippen LogP) is 4.86. The average Bonchev–Trinajstić information content (AvgIpc) is 3.28. The molecule has 5 nitrogen and oxygen atoms in total. The lowest BCUT2D eigenvalue weighted by Crippen LogP contribution is -2.47. The van der Waals surface area contributed by atoms with Crippen molar-refractivity contribution in [1.29, 1.82) is 0 Å². The van der Waals surface area contributed by atoms with Gasteiger partial charge in [-0.3, -0.25) is 14.6 Å². The minimum absolute atomic E-state index is 0.0830. The van der Waals surface area contributed by atoms with Crippen LogP contribution < -0.4 is 5.32 Å². The number of aromatic nitrogens is 1. The molecule has 5 heteroatoms. The van der Waals surface area contributed by atoms with E-state index in [0.29, 0.717) is 38.4 Å². The fraction of sp³-hybridized carbons (Fsp3) is 0.536. The minimum atomic E-state index is -0.595. The van der Waals surface area contributed by atoms with Crippen LogP contribution in [0.2, 0.25) is 0 Å². The van der Waals surface area contributed by atoms with Gasteiger partial charge in [-0.2, -0.15) is 0 Å². The summed E-state index contributed by atoms with van der Waals surface area (Å²) in [6.45, 7) is 6.06. The summed E-state index contributed by atoms with van der Waals surface area (Å²) in [6, 6.07) is 12.3. The standard InChI is InChI=1S/C28H37N3O2/c1-21(2)19-30-27(33)28(14-17-31(20-28)26(32)23-8-4-3-5-9-23)18-24-10-6-7-11-25(24)22-12-15-29-16-13-22/h6-7,10-13,15-16,21,23H,3-5,8-9,14,17-20H2,1-2H3,(H,30,33)/t28-/m1/s1. The summed E-state index contributed by atoms with van der Waals surface area (Å²) in [4.78, 5) is 33.1. The second kappa shape index (κ2) is 10.5. The molecule has 1 atom stereocenters. The molecule has 0 radical (unpaired) electrons. The van der Waals surface area contributed by atoms with E-state index in [1.807, 2.05) is 29.2 Å². The van der Waals surface area contributed by atoms with Gasteiger partial charge in [-0.05, 0) is 60.4 Å². The summed E-state index contributed by atoms with van der Waals surface area (Å²) in [5, 5.41) is 3.20. The quantitative estimate of drug-likeness (QED) is 0.659. The average molecular weight is 448 g/mol. The van der Waals surface area contributed by atoms with Gasteiger partial charge in [-0.1, -0.05) is 57.4 Å². The van der Waals surface area contributed by atoms with Crippen LogP contribution in [-0.2, 0) is 16.0 Å². The van der Waals surface area contributed by atoms with Crippen molar-refractivity contribution in [2.75, 3.05) is 19.6 Å². The molecule has 33 heavy (non-hydrogen) atoms. The summed E-state index contributed by atoms with van der Waals surface area (Å²) >= 11 is 0. The van der Waals surface area contributed by atoms with Crippen LogP contribution in [0.15, 0.2) is 48.8 Å². The maximum atomic E-state index is 13.6. The number of likely N-dealkylation sites (tertiary alicyclic amines) is 1. The van der Waals surface area contributed by atoms with Gasteiger partial charge in [0, 0.05) is 37.9 Å². The van der Waals surface area contributed by atoms with Crippen molar-refractivity contribution in [1.82, 2.24) is 15.2 Å². The monoisotopic (exact) mass is 447 g/mol. The zero-order chi connectivity index (χ0) is 23.3. The molecule has 1 aromatic heterocycles. The third-order valence-corrected chi connectivity index (χ3v) is 7.31. The van der Waals surface area contributed by atoms with Gasteiger partial charge >= 0.3 is 0 Å². The first-order valence-corrected chi connectivity index (χ1v) is 12.5. The molecule has 1 N–H and O–H groups in total. The first-order valence-electron chi connectivity index (χ1n) is 12.5. The first-order chi connectivity index (χ1) is 16.0. The highest BCUT2D eigenvalue weighted by Gasteiger charge is 2.47. The topological polar surface area (TPSA) is 62.3 Å². The highest BCUT2D eigenvalue weighted by Crippen LogP contribution is 2.39. The Hall–Kier alpha value is -2.69. The number of pyridine rings is 1. The van der Waals surface area contributed by atoms with Crippen molar-refractivity contribution in [2.45, 2.75) is 58.8 Å². The van der Waals surface area contributed by atoms with Crippen LogP contribution in [0.5, 0.6) is 0 Å². The molecular weight excluding hydrogens is 410 g/mol. The summed E-state index contributed by atoms with van der Waals surface area (Å²) < 4.78 is 0. The summed E-state index contributed by atoms with van der Waals surface area (Å²) in [5.41, 5.74) is 2.79. The number of nitrogens with zero attached hydrogens (tertiary/aromatic N) is 2. The van der Waals surface area contributed by atoms with Gasteiger partial charge < -0.3 is 10.2 Å². The number of hydrogen-bond donors (Lipinski definition) is 1. The Morgan fingerprint density at radius 3 is 2.55 bits per heavy atom. The molecule has 1 aliphatic carbocycles. The Bertz CT molecular complexity index is 953. The maximum absolute atomic E-state index is 13.6. The highest BCUT2D eigenvalue weighted by atomic mass is 16.2. The number of carbonyl (C=O) groups excluding carboxylic acids is 2. The van der Waals surface area contributed by atoms with Gasteiger partial charge in [-0.15, -0.1) is 0 Å². The Balaban J connectivity index is 1.60. The van der Waals surface area contributed by atoms with E-state index in [9.17, 15) is 9.59 Å². The number of rotatable bonds is 7. The van der Waals surface area contributed by atoms with Gasteiger partial charge in [-0.25, -0.2) is 0 Å². The maximum Gasteiger partial charge on any atom is 0.228 e. The zero-order valence-corrected chi connectivity index (χ0v) is 20.1. The Kier molecular flexibility index (Phi) is 7.46. The predicted molar refractivity (Wildman–Crippen MR) is 131 cm³/mol. The molecule has 2 amide bonds. The Labute approximate surface area is 198 Å². The Morgan fingerprint density at radius 1 is 1.09 bits per heavy atom. The number of nitrogens with one attached hydrogen (secondary N) is 1. The molecule has 1 aliphatic heterocycles. The molecule has 2 heterocycles. The minimum Gasteiger partial charge on any atom is -0.355 e. The number of hydrogen-bond acceptors (Lipinski definition) is 3. The molecule has 0 unspecified atom stereocenters. The van der Waals surface area contributed by atoms with Crippen LogP contribution in [-0.4, -0.2) is 41.3 Å². The third-order valence-electron chi connectivity index (χ3n) is 7.31. The van der Waals surface area contributed by atoms with E-state index in [4.69, 9.17) is 0 Å². The lowest BCUT2D eigenvalue weighted by atomic mass is 9.78. The van der Waals surface area contributed by atoms with Crippen LogP contribution in [0.1, 0.15) is 57.9 Å². The van der Waals surface area contributed by atoms with Crippen molar-refractivity contribution >= 4 is 11.8 Å². The number of benzene rings is 1. The van der Waals surface area contributed by atoms with Gasteiger partial charge in [0.1, 0.15) is 0 Å². The van der Waals surface area contributed by atoms with Crippen LogP contribution in [0.25, 0.3) is 11.1 Å². The lowest BCUT2D eigenvalue weighted by Gasteiger charge is -2.31. The summed E-state index contributed by atoms with van der Waals surface area (Å²) in [7, 11) is 0. The van der Waals surface area contributed by atoms with Crippen molar-refractivity contribution in [3.8, 4) is 11.1 Å². The third kappa shape index (κ3) is 5.45. The van der Waals surface area contributed by atoms with Gasteiger partial charge in [0.05, 0.1) is 5.41 Å². The van der Waals surface area contributed by atoms with Gasteiger partial charge in [0.25, 0.3) is 0 Å². The zero-order valence-electron chi connectivity index (χ0n) is 20.1. The fourth-order valence-electron chi connectivity index (χ4n) is 5.41. The largest absolute Gasteiger partial charge is 0.355 e. The second-order valence-corrected chi connectivity index (χ2v) is 10.3. The highest BCUT2D eigenvalue weighted by molar-refractivity contribution is 5.86.